The van der Waals surface area contributed by atoms with Crippen LogP contribution in [-0.2, 0) is 4.79 Å². The van der Waals surface area contributed by atoms with E-state index in [4.69, 9.17) is 9.47 Å². The van der Waals surface area contributed by atoms with Gasteiger partial charge >= 0.3 is 0 Å². The van der Waals surface area contributed by atoms with E-state index in [1.54, 1.807) is 33.3 Å². The van der Waals surface area contributed by atoms with Crippen molar-refractivity contribution in [2.75, 3.05) is 27.8 Å². The third-order valence-electron chi connectivity index (χ3n) is 1.90. The molecule has 0 bridgehead atoms. The Hall–Kier alpha value is -1.71. The highest BCUT2D eigenvalue weighted by atomic mass is 16.5. The number of carbonyl (C=O) groups excluding carboxylic acids is 1. The molecular formula is C11H15NO3. The van der Waals surface area contributed by atoms with E-state index in [0.717, 1.165) is 0 Å². The molecule has 0 saturated heterocycles. The van der Waals surface area contributed by atoms with Gasteiger partial charge in [0.05, 0.1) is 7.11 Å². The van der Waals surface area contributed by atoms with Crippen molar-refractivity contribution in [2.45, 2.75) is 0 Å². The summed E-state index contributed by atoms with van der Waals surface area (Å²) in [4.78, 5) is 12.7. The van der Waals surface area contributed by atoms with Crippen LogP contribution in [0.25, 0.3) is 0 Å². The molecule has 1 aromatic carbocycles. The fourth-order valence-electron chi connectivity index (χ4n) is 0.965. The van der Waals surface area contributed by atoms with Gasteiger partial charge in [-0.25, -0.2) is 0 Å². The fourth-order valence-corrected chi connectivity index (χ4v) is 0.965. The first-order valence-electron chi connectivity index (χ1n) is 4.60. The van der Waals surface area contributed by atoms with E-state index in [1.807, 2.05) is 12.1 Å². The summed E-state index contributed by atoms with van der Waals surface area (Å²) in [5, 5.41) is 0. The molecule has 0 fully saturated rings. The normalized spacial score (nSPS) is 9.53. The van der Waals surface area contributed by atoms with Gasteiger partial charge < -0.3 is 14.4 Å². The lowest BCUT2D eigenvalue weighted by molar-refractivity contribution is -0.130. The number of hydrogen-bond donors (Lipinski definition) is 0. The Morgan fingerprint density at radius 1 is 1.33 bits per heavy atom. The van der Waals surface area contributed by atoms with E-state index in [-0.39, 0.29) is 12.5 Å². The Bertz CT molecular complexity index is 336. The Labute approximate surface area is 89.4 Å². The highest BCUT2D eigenvalue weighted by Gasteiger charge is 2.04. The van der Waals surface area contributed by atoms with E-state index in [9.17, 15) is 4.79 Å². The molecule has 0 heterocycles. The summed E-state index contributed by atoms with van der Waals surface area (Å²) < 4.78 is 10.3. The molecule has 0 saturated carbocycles. The molecule has 4 nitrogen and oxygen atoms in total. The smallest absolute Gasteiger partial charge is 0.259 e. The van der Waals surface area contributed by atoms with Gasteiger partial charge in [0.1, 0.15) is 11.5 Å². The first kappa shape index (κ1) is 11.4. The fraction of sp³-hybridized carbons (Fsp3) is 0.364. The van der Waals surface area contributed by atoms with E-state index in [0.29, 0.717) is 11.5 Å². The van der Waals surface area contributed by atoms with Crippen LogP contribution in [0.3, 0.4) is 0 Å². The molecule has 0 aliphatic heterocycles. The molecule has 0 aliphatic rings. The van der Waals surface area contributed by atoms with Crippen LogP contribution in [0.1, 0.15) is 0 Å². The van der Waals surface area contributed by atoms with Crippen molar-refractivity contribution in [2.24, 2.45) is 0 Å². The zero-order valence-corrected chi connectivity index (χ0v) is 9.19. The van der Waals surface area contributed by atoms with Crippen LogP contribution < -0.4 is 9.47 Å². The summed E-state index contributed by atoms with van der Waals surface area (Å²) in [5.41, 5.74) is 0. The molecule has 15 heavy (non-hydrogen) atoms. The monoisotopic (exact) mass is 209 g/mol. The van der Waals surface area contributed by atoms with Crippen LogP contribution >= 0.6 is 0 Å². The number of amides is 1. The van der Waals surface area contributed by atoms with Crippen molar-refractivity contribution in [3.8, 4) is 11.5 Å². The van der Waals surface area contributed by atoms with E-state index in [1.165, 1.54) is 4.90 Å². The summed E-state index contributed by atoms with van der Waals surface area (Å²) in [6.45, 7) is 0.0418. The van der Waals surface area contributed by atoms with E-state index >= 15 is 0 Å². The zero-order valence-electron chi connectivity index (χ0n) is 9.19. The maximum absolute atomic E-state index is 11.2. The largest absolute Gasteiger partial charge is 0.497 e. The molecule has 0 atom stereocenters. The number of hydrogen-bond acceptors (Lipinski definition) is 3. The lowest BCUT2D eigenvalue weighted by Gasteiger charge is -2.11. The number of benzene rings is 1. The quantitative estimate of drug-likeness (QED) is 0.747. The summed E-state index contributed by atoms with van der Waals surface area (Å²) in [6, 6.07) is 7.16. The molecule has 0 unspecified atom stereocenters. The van der Waals surface area contributed by atoms with Crippen molar-refractivity contribution in [3.05, 3.63) is 24.3 Å². The van der Waals surface area contributed by atoms with Crippen LogP contribution in [-0.4, -0.2) is 38.6 Å². The minimum absolute atomic E-state index is 0.0418. The number of ether oxygens (including phenoxy) is 2. The SMILES string of the molecule is COc1cccc(OCC(=O)N(C)C)c1. The van der Waals surface area contributed by atoms with Gasteiger partial charge in [-0.2, -0.15) is 0 Å². The average Bonchev–Trinajstić information content (AvgIpc) is 2.26. The Kier molecular flexibility index (Phi) is 3.97. The number of carbonyl (C=O) groups is 1. The second-order valence-corrected chi connectivity index (χ2v) is 3.26. The average molecular weight is 209 g/mol. The predicted molar refractivity (Wildman–Crippen MR) is 57.2 cm³/mol. The number of likely N-dealkylation sites (N-methyl/N-ethyl adjacent to an activating group) is 1. The Morgan fingerprint density at radius 2 is 2.00 bits per heavy atom. The summed E-state index contributed by atoms with van der Waals surface area (Å²) >= 11 is 0. The maximum Gasteiger partial charge on any atom is 0.259 e. The molecule has 1 aromatic rings. The molecule has 1 amide bonds. The van der Waals surface area contributed by atoms with Gasteiger partial charge in [0.2, 0.25) is 0 Å². The highest BCUT2D eigenvalue weighted by Crippen LogP contribution is 2.18. The molecule has 1 rings (SSSR count). The van der Waals surface area contributed by atoms with Gasteiger partial charge in [0.25, 0.3) is 5.91 Å². The van der Waals surface area contributed by atoms with Crippen LogP contribution in [0.5, 0.6) is 11.5 Å². The topological polar surface area (TPSA) is 38.8 Å². The van der Waals surface area contributed by atoms with Gasteiger partial charge in [-0.3, -0.25) is 4.79 Å². The van der Waals surface area contributed by atoms with E-state index < -0.39 is 0 Å². The van der Waals surface area contributed by atoms with Gasteiger partial charge in [-0.05, 0) is 12.1 Å². The zero-order chi connectivity index (χ0) is 11.3. The second-order valence-electron chi connectivity index (χ2n) is 3.26. The van der Waals surface area contributed by atoms with E-state index in [2.05, 4.69) is 0 Å². The van der Waals surface area contributed by atoms with Gasteiger partial charge in [0.15, 0.2) is 6.61 Å². The van der Waals surface area contributed by atoms with Gasteiger partial charge in [-0.15, -0.1) is 0 Å². The summed E-state index contributed by atoms with van der Waals surface area (Å²) in [5.74, 6) is 1.27. The van der Waals surface area contributed by atoms with Crippen molar-refractivity contribution in [1.29, 1.82) is 0 Å². The minimum atomic E-state index is -0.0715. The third-order valence-corrected chi connectivity index (χ3v) is 1.90. The Balaban J connectivity index is 2.54. The molecule has 4 heteroatoms. The van der Waals surface area contributed by atoms with Gasteiger partial charge in [0, 0.05) is 20.2 Å². The molecule has 0 aliphatic carbocycles. The first-order chi connectivity index (χ1) is 7.13. The lowest BCUT2D eigenvalue weighted by Crippen LogP contribution is -2.27. The molecule has 82 valence electrons. The van der Waals surface area contributed by atoms with Crippen LogP contribution in [0.4, 0.5) is 0 Å². The number of methoxy groups -OCH3 is 1. The van der Waals surface area contributed by atoms with Crippen LogP contribution in [0.2, 0.25) is 0 Å². The summed E-state index contributed by atoms with van der Waals surface area (Å²) in [6.07, 6.45) is 0. The standard InChI is InChI=1S/C11H15NO3/c1-12(2)11(13)8-15-10-6-4-5-9(7-10)14-3/h4-7H,8H2,1-3H3. The van der Waals surface area contributed by atoms with Crippen molar-refractivity contribution in [3.63, 3.8) is 0 Å². The summed E-state index contributed by atoms with van der Waals surface area (Å²) in [7, 11) is 4.97. The highest BCUT2D eigenvalue weighted by molar-refractivity contribution is 5.77. The van der Waals surface area contributed by atoms with Crippen LogP contribution in [0, 0.1) is 0 Å². The van der Waals surface area contributed by atoms with Crippen molar-refractivity contribution in [1.82, 2.24) is 4.90 Å². The number of nitrogens with zero attached hydrogens (tertiary/aromatic N) is 1. The van der Waals surface area contributed by atoms with Gasteiger partial charge in [-0.1, -0.05) is 6.07 Å². The minimum Gasteiger partial charge on any atom is -0.497 e. The first-order valence-corrected chi connectivity index (χ1v) is 4.60. The lowest BCUT2D eigenvalue weighted by atomic mass is 10.3. The molecule has 0 spiro atoms. The number of rotatable bonds is 4. The predicted octanol–water partition coefficient (Wildman–Crippen LogP) is 1.16. The molecular weight excluding hydrogens is 194 g/mol. The molecule has 0 N–H and O–H groups in total. The van der Waals surface area contributed by atoms with Crippen molar-refractivity contribution < 1.29 is 14.3 Å². The Morgan fingerprint density at radius 3 is 2.60 bits per heavy atom. The molecule has 0 radical (unpaired) electrons. The maximum atomic E-state index is 11.2. The third kappa shape index (κ3) is 3.50. The van der Waals surface area contributed by atoms with Crippen molar-refractivity contribution >= 4 is 5.91 Å². The van der Waals surface area contributed by atoms with Crippen LogP contribution in [0.15, 0.2) is 24.3 Å². The second kappa shape index (κ2) is 5.24. The molecule has 0 aromatic heterocycles.